The number of aromatic amines is 1. The molecule has 2 aromatic carbocycles. The van der Waals surface area contributed by atoms with Gasteiger partial charge in [-0.1, -0.05) is 6.07 Å². The highest BCUT2D eigenvalue weighted by molar-refractivity contribution is 5.91. The van der Waals surface area contributed by atoms with E-state index in [4.69, 9.17) is 24.7 Å². The minimum Gasteiger partial charge on any atom is -0.497 e. The Kier molecular flexibility index (Phi) is 6.78. The maximum absolute atomic E-state index is 12.4. The molecule has 4 N–H and O–H groups in total. The number of allylic oxidation sites excluding steroid dienone is 1. The number of nitrogens with one attached hydrogen (secondary N) is 2. The molecule has 0 bridgehead atoms. The number of aromatic nitrogens is 2. The van der Waals surface area contributed by atoms with Crippen molar-refractivity contribution in [2.75, 3.05) is 25.6 Å². The third-order valence-electron chi connectivity index (χ3n) is 5.46. The molecule has 3 aromatic rings. The number of rotatable bonds is 8. The highest BCUT2D eigenvalue weighted by Crippen LogP contribution is 2.44. The summed E-state index contributed by atoms with van der Waals surface area (Å²) in [6, 6.07) is 14.4. The molecule has 0 spiro atoms. The number of methoxy groups -OCH3 is 1. The van der Waals surface area contributed by atoms with Crippen molar-refractivity contribution >= 4 is 11.6 Å². The quantitative estimate of drug-likeness (QED) is 0.450. The fraction of sp³-hybridized carbons (Fsp3) is 0.240. The van der Waals surface area contributed by atoms with Crippen LogP contribution < -0.4 is 30.0 Å². The largest absolute Gasteiger partial charge is 0.497 e. The second kappa shape index (κ2) is 10.1. The number of nitrogens with zero attached hydrogens (tertiary/aromatic N) is 2. The number of anilines is 1. The molecule has 1 aromatic heterocycles. The number of carbonyl (C=O) groups is 1. The number of nitriles is 1. The maximum atomic E-state index is 12.4. The van der Waals surface area contributed by atoms with Crippen LogP contribution in [0.3, 0.4) is 0 Å². The van der Waals surface area contributed by atoms with E-state index in [2.05, 4.69) is 21.6 Å². The molecule has 1 aliphatic heterocycles. The van der Waals surface area contributed by atoms with Gasteiger partial charge in [-0.2, -0.15) is 5.26 Å². The van der Waals surface area contributed by atoms with Gasteiger partial charge in [-0.3, -0.25) is 9.89 Å². The van der Waals surface area contributed by atoms with Crippen molar-refractivity contribution < 1.29 is 23.7 Å². The molecule has 180 valence electrons. The molecule has 1 atom stereocenters. The molecule has 0 radical (unpaired) electrons. The van der Waals surface area contributed by atoms with Crippen molar-refractivity contribution in [3.8, 4) is 29.2 Å². The predicted octanol–water partition coefficient (Wildman–Crippen LogP) is 3.36. The molecule has 1 amide bonds. The summed E-state index contributed by atoms with van der Waals surface area (Å²) < 4.78 is 22.2. The van der Waals surface area contributed by atoms with Crippen LogP contribution >= 0.6 is 0 Å². The zero-order valence-corrected chi connectivity index (χ0v) is 19.5. The van der Waals surface area contributed by atoms with E-state index in [1.807, 2.05) is 13.8 Å². The van der Waals surface area contributed by atoms with Crippen LogP contribution in [0.2, 0.25) is 0 Å². The lowest BCUT2D eigenvalue weighted by Gasteiger charge is -2.24. The van der Waals surface area contributed by atoms with E-state index in [1.165, 1.54) is 0 Å². The van der Waals surface area contributed by atoms with E-state index in [9.17, 15) is 10.1 Å². The lowest BCUT2D eigenvalue weighted by Crippen LogP contribution is -2.21. The van der Waals surface area contributed by atoms with Crippen LogP contribution in [-0.4, -0.2) is 36.4 Å². The Morgan fingerprint density at radius 3 is 2.69 bits per heavy atom. The standard InChI is InChI=1S/C25H25N5O5/c1-4-33-20-11-15(23-18(12-26)24(27)35-25-22(23)14(2)29-30-25)5-10-19(20)34-13-21(31)28-16-6-8-17(32-3)9-7-16/h5-11,23H,4,13,27H2,1-3H3,(H,28,31)(H,29,30). The lowest BCUT2D eigenvalue weighted by molar-refractivity contribution is -0.118. The summed E-state index contributed by atoms with van der Waals surface area (Å²) in [6.07, 6.45) is 0. The van der Waals surface area contributed by atoms with E-state index >= 15 is 0 Å². The number of hydrogen-bond donors (Lipinski definition) is 3. The van der Waals surface area contributed by atoms with Crippen molar-refractivity contribution in [1.29, 1.82) is 5.26 Å². The van der Waals surface area contributed by atoms with Crippen molar-refractivity contribution in [3.05, 3.63) is 70.7 Å². The number of benzene rings is 2. The number of amides is 1. The van der Waals surface area contributed by atoms with E-state index in [-0.39, 0.29) is 24.0 Å². The highest BCUT2D eigenvalue weighted by Gasteiger charge is 2.34. The molecule has 0 aliphatic carbocycles. The van der Waals surface area contributed by atoms with Crippen molar-refractivity contribution in [2.45, 2.75) is 19.8 Å². The van der Waals surface area contributed by atoms with E-state index in [1.54, 1.807) is 49.6 Å². The summed E-state index contributed by atoms with van der Waals surface area (Å²) in [4.78, 5) is 12.4. The Morgan fingerprint density at radius 2 is 2.00 bits per heavy atom. The van der Waals surface area contributed by atoms with Gasteiger partial charge in [-0.15, -0.1) is 5.10 Å². The van der Waals surface area contributed by atoms with Crippen LogP contribution in [0.5, 0.6) is 23.1 Å². The van der Waals surface area contributed by atoms with Crippen molar-refractivity contribution in [3.63, 3.8) is 0 Å². The van der Waals surface area contributed by atoms with Gasteiger partial charge in [0.15, 0.2) is 18.1 Å². The first kappa shape index (κ1) is 23.5. The monoisotopic (exact) mass is 475 g/mol. The first-order valence-corrected chi connectivity index (χ1v) is 10.9. The van der Waals surface area contributed by atoms with Gasteiger partial charge in [-0.25, -0.2) is 0 Å². The van der Waals surface area contributed by atoms with Gasteiger partial charge >= 0.3 is 0 Å². The zero-order chi connectivity index (χ0) is 24.9. The van der Waals surface area contributed by atoms with Crippen molar-refractivity contribution in [1.82, 2.24) is 10.2 Å². The Bertz CT molecular complexity index is 1310. The molecular weight excluding hydrogens is 450 g/mol. The third kappa shape index (κ3) is 4.84. The molecule has 0 fully saturated rings. The number of H-pyrrole nitrogens is 1. The lowest BCUT2D eigenvalue weighted by atomic mass is 9.84. The highest BCUT2D eigenvalue weighted by atomic mass is 16.5. The molecule has 2 heterocycles. The smallest absolute Gasteiger partial charge is 0.262 e. The number of fused-ring (bicyclic) bond motifs is 1. The van der Waals surface area contributed by atoms with Crippen LogP contribution in [-0.2, 0) is 4.79 Å². The summed E-state index contributed by atoms with van der Waals surface area (Å²) in [7, 11) is 1.58. The van der Waals surface area contributed by atoms with E-state index in [0.29, 0.717) is 35.4 Å². The summed E-state index contributed by atoms with van der Waals surface area (Å²) in [5.74, 6) is 1.04. The first-order valence-electron chi connectivity index (χ1n) is 10.9. The summed E-state index contributed by atoms with van der Waals surface area (Å²) in [5, 5.41) is 19.6. The maximum Gasteiger partial charge on any atom is 0.262 e. The third-order valence-corrected chi connectivity index (χ3v) is 5.46. The second-order valence-electron chi connectivity index (χ2n) is 7.70. The predicted molar refractivity (Wildman–Crippen MR) is 127 cm³/mol. The van der Waals surface area contributed by atoms with Gasteiger partial charge in [0.1, 0.15) is 17.4 Å². The Morgan fingerprint density at radius 1 is 1.23 bits per heavy atom. The molecule has 1 unspecified atom stereocenters. The number of hydrogen-bond acceptors (Lipinski definition) is 8. The summed E-state index contributed by atoms with van der Waals surface area (Å²) in [6.45, 7) is 3.86. The molecule has 0 saturated heterocycles. The Hall–Kier alpha value is -4.65. The SMILES string of the molecule is CCOc1cc(C2C(C#N)=C(N)Oc3n[nH]c(C)c32)ccc1OCC(=O)Nc1ccc(OC)cc1. The number of aryl methyl sites for hydroxylation is 1. The Balaban J connectivity index is 1.56. The minimum absolute atomic E-state index is 0.00462. The number of carbonyl (C=O) groups excluding carboxylic acids is 1. The van der Waals surface area contributed by atoms with E-state index in [0.717, 1.165) is 16.8 Å². The van der Waals surface area contributed by atoms with Gasteiger partial charge in [0, 0.05) is 16.9 Å². The fourth-order valence-corrected chi connectivity index (χ4v) is 3.84. The van der Waals surface area contributed by atoms with Crippen LogP contribution in [0.1, 0.15) is 29.7 Å². The van der Waals surface area contributed by atoms with Crippen molar-refractivity contribution in [2.24, 2.45) is 5.73 Å². The normalized spacial score (nSPS) is 14.4. The summed E-state index contributed by atoms with van der Waals surface area (Å²) in [5.41, 5.74) is 9.14. The minimum atomic E-state index is -0.492. The van der Waals surface area contributed by atoms with Gasteiger partial charge in [0.2, 0.25) is 11.8 Å². The molecule has 10 nitrogen and oxygen atoms in total. The fourth-order valence-electron chi connectivity index (χ4n) is 3.84. The van der Waals surface area contributed by atoms with Crippen LogP contribution in [0.15, 0.2) is 53.9 Å². The first-order chi connectivity index (χ1) is 16.9. The molecule has 0 saturated carbocycles. The summed E-state index contributed by atoms with van der Waals surface area (Å²) >= 11 is 0. The van der Waals surface area contributed by atoms with Crippen LogP contribution in [0, 0.1) is 18.3 Å². The van der Waals surface area contributed by atoms with Gasteiger partial charge in [-0.05, 0) is 55.8 Å². The average molecular weight is 476 g/mol. The van der Waals surface area contributed by atoms with Crippen LogP contribution in [0.4, 0.5) is 5.69 Å². The molecular formula is C25H25N5O5. The molecule has 1 aliphatic rings. The number of nitrogens with two attached hydrogens (primary N) is 1. The molecule has 4 rings (SSSR count). The molecule has 35 heavy (non-hydrogen) atoms. The second-order valence-corrected chi connectivity index (χ2v) is 7.70. The van der Waals surface area contributed by atoms with E-state index < -0.39 is 5.92 Å². The van der Waals surface area contributed by atoms with Crippen LogP contribution in [0.25, 0.3) is 0 Å². The zero-order valence-electron chi connectivity index (χ0n) is 19.5. The topological polar surface area (TPSA) is 145 Å². The van der Waals surface area contributed by atoms with Gasteiger partial charge in [0.25, 0.3) is 5.91 Å². The number of ether oxygens (including phenoxy) is 4. The average Bonchev–Trinajstić information content (AvgIpc) is 3.22. The Labute approximate surface area is 202 Å². The van der Waals surface area contributed by atoms with Gasteiger partial charge < -0.3 is 30.0 Å². The van der Waals surface area contributed by atoms with Gasteiger partial charge in [0.05, 0.1) is 19.6 Å². The molecule has 10 heteroatoms.